The second kappa shape index (κ2) is 30.6. The van der Waals surface area contributed by atoms with Gasteiger partial charge in [0.2, 0.25) is 12.3 Å². The number of hydrogen-bond acceptors (Lipinski definition) is 14. The second-order valence-corrected chi connectivity index (χ2v) is 18.7. The smallest absolute Gasteiger partial charge is 0.363 e. The summed E-state index contributed by atoms with van der Waals surface area (Å²) in [6.45, 7) is 6.43. The molecule has 414 valence electrons. The van der Waals surface area contributed by atoms with Gasteiger partial charge in [0.05, 0.1) is 36.2 Å². The molecule has 3 atom stereocenters. The van der Waals surface area contributed by atoms with E-state index in [4.69, 9.17) is 28.2 Å². The van der Waals surface area contributed by atoms with Crippen molar-refractivity contribution in [3.8, 4) is 17.1 Å². The Bertz CT molecular complexity index is 2980. The van der Waals surface area contributed by atoms with E-state index in [1.165, 1.54) is 30.3 Å². The molecular formula is C61H66N4O14. The summed E-state index contributed by atoms with van der Waals surface area (Å²) in [4.78, 5) is 113. The van der Waals surface area contributed by atoms with Crippen molar-refractivity contribution in [2.24, 2.45) is 5.92 Å². The number of amides is 4. The fourth-order valence-corrected chi connectivity index (χ4v) is 8.42. The summed E-state index contributed by atoms with van der Waals surface area (Å²) in [7, 11) is 0. The molecule has 2 unspecified atom stereocenters. The molecule has 18 heteroatoms. The fraction of sp³-hybridized carbons (Fsp3) is 0.311. The minimum absolute atomic E-state index is 0.00349. The Morgan fingerprint density at radius 2 is 1.25 bits per heavy atom. The number of unbranched alkanes of at least 4 members (excludes halogenated alkanes) is 2. The quantitative estimate of drug-likeness (QED) is 0.00953. The largest absolute Gasteiger partial charge is 0.481 e. The van der Waals surface area contributed by atoms with Crippen molar-refractivity contribution in [1.82, 2.24) is 21.0 Å². The van der Waals surface area contributed by atoms with Gasteiger partial charge in [0.15, 0.2) is 12.4 Å². The van der Waals surface area contributed by atoms with E-state index in [1.807, 2.05) is 45.0 Å². The third kappa shape index (κ3) is 18.0. The van der Waals surface area contributed by atoms with Gasteiger partial charge in [-0.1, -0.05) is 162 Å². The van der Waals surface area contributed by atoms with Crippen molar-refractivity contribution in [3.63, 3.8) is 0 Å². The first-order valence-corrected chi connectivity index (χ1v) is 26.2. The number of benzene rings is 5. The van der Waals surface area contributed by atoms with Gasteiger partial charge in [-0.05, 0) is 71.3 Å². The predicted molar refractivity (Wildman–Crippen MR) is 290 cm³/mol. The Hall–Kier alpha value is -9.06. The standard InChI is InChI=1S/C61H66N4O14/c1-5-7-11-28-48(51(6-2)65(40-66)79-60(72)47-27-19-18-26-46(47)41(3)4)57(69)62-39-63-59(71)53-32-31-52(78-53)45-29-30-49(54(33-45)74-38-56(68)76-36-43-22-14-9-15-23-43)58(70)64-50(61(73)77-37-44-24-16-10-17-25-44)34-55(67)75-35-42-20-12-8-13-21-42/h8-10,12-27,29-33,40-41,48,50-51H,5-7,11,28,34-39H2,1-4H3,(H,62,69)(H,63,71)(H,64,70)/t48?,50?,51-/m1/s1. The molecule has 0 saturated heterocycles. The van der Waals surface area contributed by atoms with Gasteiger partial charge in [-0.2, -0.15) is 5.06 Å². The highest BCUT2D eigenvalue weighted by Crippen LogP contribution is 2.30. The van der Waals surface area contributed by atoms with Crippen LogP contribution in [0.2, 0.25) is 0 Å². The van der Waals surface area contributed by atoms with Crippen LogP contribution in [-0.4, -0.2) is 78.4 Å². The van der Waals surface area contributed by atoms with Gasteiger partial charge in [0.1, 0.15) is 37.4 Å². The monoisotopic (exact) mass is 1080 g/mol. The molecule has 0 aliphatic rings. The summed E-state index contributed by atoms with van der Waals surface area (Å²) in [6, 6.07) is 38.4. The summed E-state index contributed by atoms with van der Waals surface area (Å²) in [5.41, 5.74) is 3.31. The molecule has 0 aliphatic carbocycles. The SMILES string of the molecule is CCCCCC(C(=O)NCNC(=O)c1ccc(-c2ccc(C(=O)NC(CC(=O)OCc3ccccc3)C(=O)OCc3ccccc3)c(OCC(=O)OCc3ccccc3)c2)o1)[C@@H](CC)N(C=O)OC(=O)c1ccccc1C(C)C. The second-order valence-electron chi connectivity index (χ2n) is 18.7. The molecule has 0 aliphatic heterocycles. The summed E-state index contributed by atoms with van der Waals surface area (Å²) in [6.07, 6.45) is 2.78. The number of carbonyl (C=O) groups is 8. The molecule has 6 rings (SSSR count). The van der Waals surface area contributed by atoms with Gasteiger partial charge >= 0.3 is 23.9 Å². The van der Waals surface area contributed by atoms with E-state index in [0.717, 1.165) is 29.0 Å². The number of nitrogens with zero attached hydrogens (tertiary/aromatic N) is 1. The predicted octanol–water partition coefficient (Wildman–Crippen LogP) is 9.18. The van der Waals surface area contributed by atoms with Crippen LogP contribution in [0.4, 0.5) is 0 Å². The molecule has 1 heterocycles. The molecule has 6 aromatic rings. The van der Waals surface area contributed by atoms with Crippen molar-refractivity contribution in [2.45, 2.75) is 104 Å². The Labute approximate surface area is 459 Å². The molecule has 0 bridgehead atoms. The van der Waals surface area contributed by atoms with Gasteiger partial charge in [-0.15, -0.1) is 0 Å². The third-order valence-corrected chi connectivity index (χ3v) is 12.6. The Morgan fingerprint density at radius 3 is 1.86 bits per heavy atom. The molecule has 0 saturated carbocycles. The van der Waals surface area contributed by atoms with Crippen LogP contribution >= 0.6 is 0 Å². The lowest BCUT2D eigenvalue weighted by Gasteiger charge is -2.32. The molecule has 4 amide bonds. The maximum absolute atomic E-state index is 14.2. The summed E-state index contributed by atoms with van der Waals surface area (Å²) in [5, 5.41) is 8.84. The van der Waals surface area contributed by atoms with E-state index in [0.29, 0.717) is 41.5 Å². The first-order valence-electron chi connectivity index (χ1n) is 26.2. The van der Waals surface area contributed by atoms with Crippen LogP contribution in [-0.2, 0) is 62.8 Å². The molecule has 5 aromatic carbocycles. The lowest BCUT2D eigenvalue weighted by Crippen LogP contribution is -2.49. The van der Waals surface area contributed by atoms with Crippen LogP contribution in [0.5, 0.6) is 5.75 Å². The minimum Gasteiger partial charge on any atom is -0.481 e. The number of ether oxygens (including phenoxy) is 4. The van der Waals surface area contributed by atoms with Gasteiger partial charge in [-0.25, -0.2) is 14.4 Å². The average molecular weight is 1080 g/mol. The average Bonchev–Trinajstić information content (AvgIpc) is 4.00. The summed E-state index contributed by atoms with van der Waals surface area (Å²) in [5.74, 6) is -6.22. The van der Waals surface area contributed by atoms with Crippen LogP contribution in [0, 0.1) is 5.92 Å². The Balaban J connectivity index is 1.16. The van der Waals surface area contributed by atoms with Gasteiger partial charge < -0.3 is 44.2 Å². The molecular weight excluding hydrogens is 1010 g/mol. The minimum atomic E-state index is -1.52. The number of carbonyl (C=O) groups excluding carboxylic acids is 8. The number of rotatable bonds is 30. The van der Waals surface area contributed by atoms with Gasteiger partial charge in [0.25, 0.3) is 11.8 Å². The highest BCUT2D eigenvalue weighted by molar-refractivity contribution is 6.00. The molecule has 18 nitrogen and oxygen atoms in total. The molecule has 79 heavy (non-hydrogen) atoms. The zero-order chi connectivity index (χ0) is 56.5. The van der Waals surface area contributed by atoms with Crippen LogP contribution in [0.15, 0.2) is 150 Å². The first-order chi connectivity index (χ1) is 38.3. The number of furan rings is 1. The zero-order valence-electron chi connectivity index (χ0n) is 44.7. The Kier molecular flexibility index (Phi) is 22.9. The number of nitrogens with one attached hydrogen (secondary N) is 3. The van der Waals surface area contributed by atoms with E-state index in [-0.39, 0.29) is 61.7 Å². The molecule has 0 spiro atoms. The maximum atomic E-state index is 14.2. The zero-order valence-corrected chi connectivity index (χ0v) is 44.7. The normalized spacial score (nSPS) is 12.0. The number of hydroxylamine groups is 2. The van der Waals surface area contributed by atoms with Gasteiger partial charge in [-0.3, -0.25) is 24.0 Å². The molecule has 3 N–H and O–H groups in total. The van der Waals surface area contributed by atoms with E-state index in [1.54, 1.807) is 97.9 Å². The maximum Gasteiger partial charge on any atom is 0.363 e. The van der Waals surface area contributed by atoms with Crippen molar-refractivity contribution in [2.75, 3.05) is 13.3 Å². The Morgan fingerprint density at radius 1 is 0.646 bits per heavy atom. The molecule has 0 fully saturated rings. The van der Waals surface area contributed by atoms with E-state index >= 15 is 0 Å². The van der Waals surface area contributed by atoms with Crippen molar-refractivity contribution in [1.29, 1.82) is 0 Å². The summed E-state index contributed by atoms with van der Waals surface area (Å²) >= 11 is 0. The van der Waals surface area contributed by atoms with Crippen molar-refractivity contribution < 1.29 is 66.6 Å². The highest BCUT2D eigenvalue weighted by Gasteiger charge is 2.34. The van der Waals surface area contributed by atoms with E-state index in [9.17, 15) is 38.4 Å². The third-order valence-electron chi connectivity index (χ3n) is 12.6. The van der Waals surface area contributed by atoms with Crippen LogP contribution < -0.4 is 20.7 Å². The molecule has 0 radical (unpaired) electrons. The fourth-order valence-electron chi connectivity index (χ4n) is 8.42. The van der Waals surface area contributed by atoms with E-state index in [2.05, 4.69) is 16.0 Å². The van der Waals surface area contributed by atoms with Crippen LogP contribution in [0.3, 0.4) is 0 Å². The highest BCUT2D eigenvalue weighted by atomic mass is 16.7. The topological polar surface area (TPSA) is 235 Å². The summed E-state index contributed by atoms with van der Waals surface area (Å²) < 4.78 is 28.2. The lowest BCUT2D eigenvalue weighted by molar-refractivity contribution is -0.171. The van der Waals surface area contributed by atoms with E-state index < -0.39 is 72.6 Å². The number of hydrogen-bond donors (Lipinski definition) is 3. The van der Waals surface area contributed by atoms with Crippen molar-refractivity contribution >= 4 is 48.0 Å². The number of esters is 3. The van der Waals surface area contributed by atoms with Crippen LogP contribution in [0.25, 0.3) is 11.3 Å². The molecule has 1 aromatic heterocycles. The van der Waals surface area contributed by atoms with Crippen LogP contribution in [0.1, 0.15) is 126 Å². The first kappa shape index (κ1) is 59.2. The lowest BCUT2D eigenvalue weighted by atomic mass is 9.90. The van der Waals surface area contributed by atoms with Gasteiger partial charge in [0, 0.05) is 5.56 Å². The van der Waals surface area contributed by atoms with Crippen molar-refractivity contribution in [3.05, 3.63) is 185 Å².